The molecule has 0 saturated carbocycles. The number of nitro groups is 1. The molecule has 2 aromatic heterocycles. The zero-order valence-corrected chi connectivity index (χ0v) is 12.1. The van der Waals surface area contributed by atoms with Crippen LogP contribution >= 0.6 is 11.3 Å². The number of likely N-dealkylation sites (N-methyl/N-ethyl adjacent to an activating group) is 1. The van der Waals surface area contributed by atoms with Gasteiger partial charge in [-0.25, -0.2) is 4.98 Å². The molecule has 0 radical (unpaired) electrons. The van der Waals surface area contributed by atoms with Gasteiger partial charge in [0.1, 0.15) is 0 Å². The molecule has 7 heteroatoms. The summed E-state index contributed by atoms with van der Waals surface area (Å²) in [4.78, 5) is 17.9. The fraction of sp³-hybridized carbons (Fsp3) is 0.308. The fourth-order valence-electron chi connectivity index (χ4n) is 1.89. The van der Waals surface area contributed by atoms with Crippen LogP contribution in [0, 0.1) is 10.1 Å². The first-order valence-corrected chi connectivity index (χ1v) is 7.00. The molecule has 0 amide bonds. The molecule has 2 heterocycles. The van der Waals surface area contributed by atoms with E-state index in [0.29, 0.717) is 12.4 Å². The number of pyridine rings is 1. The molecule has 6 nitrogen and oxygen atoms in total. The predicted molar refractivity (Wildman–Crippen MR) is 80.1 cm³/mol. The van der Waals surface area contributed by atoms with E-state index in [1.54, 1.807) is 23.6 Å². The topological polar surface area (TPSA) is 71.3 Å². The van der Waals surface area contributed by atoms with E-state index >= 15 is 0 Å². The summed E-state index contributed by atoms with van der Waals surface area (Å²) in [6.07, 6.45) is 1.55. The van der Waals surface area contributed by atoms with Crippen molar-refractivity contribution < 1.29 is 4.92 Å². The van der Waals surface area contributed by atoms with Gasteiger partial charge in [-0.1, -0.05) is 6.07 Å². The molecule has 20 heavy (non-hydrogen) atoms. The summed E-state index contributed by atoms with van der Waals surface area (Å²) in [6, 6.07) is 7.22. The first-order chi connectivity index (χ1) is 9.59. The molecule has 0 fully saturated rings. The molecular formula is C13H16N4O2S. The van der Waals surface area contributed by atoms with Gasteiger partial charge in [-0.2, -0.15) is 0 Å². The van der Waals surface area contributed by atoms with Crippen LogP contribution in [0.5, 0.6) is 0 Å². The lowest BCUT2D eigenvalue weighted by Crippen LogP contribution is -2.26. The molecule has 0 aliphatic heterocycles. The Kier molecular flexibility index (Phi) is 4.65. The summed E-state index contributed by atoms with van der Waals surface area (Å²) < 4.78 is 0. The van der Waals surface area contributed by atoms with Crippen LogP contribution in [0.4, 0.5) is 11.5 Å². The quantitative estimate of drug-likeness (QED) is 0.655. The highest BCUT2D eigenvalue weighted by molar-refractivity contribution is 7.10. The molecular weight excluding hydrogens is 276 g/mol. The minimum atomic E-state index is -0.425. The molecule has 2 aromatic rings. The third-order valence-electron chi connectivity index (χ3n) is 2.94. The van der Waals surface area contributed by atoms with Crippen molar-refractivity contribution in [3.63, 3.8) is 0 Å². The van der Waals surface area contributed by atoms with Crippen LogP contribution in [0.15, 0.2) is 35.8 Å². The van der Waals surface area contributed by atoms with Gasteiger partial charge >= 0.3 is 5.69 Å². The summed E-state index contributed by atoms with van der Waals surface area (Å²) in [5, 5.41) is 16.0. The molecule has 0 aromatic carbocycles. The second-order valence-corrected chi connectivity index (χ2v) is 5.48. The third-order valence-corrected chi connectivity index (χ3v) is 3.91. The molecule has 1 N–H and O–H groups in total. The minimum Gasteiger partial charge on any atom is -0.362 e. The van der Waals surface area contributed by atoms with Crippen LogP contribution in [-0.4, -0.2) is 35.4 Å². The summed E-state index contributed by atoms with van der Waals surface area (Å²) >= 11 is 1.67. The van der Waals surface area contributed by atoms with Gasteiger partial charge in [0.05, 0.1) is 11.0 Å². The van der Waals surface area contributed by atoms with E-state index in [4.69, 9.17) is 0 Å². The molecule has 0 bridgehead atoms. The molecule has 2 rings (SSSR count). The van der Waals surface area contributed by atoms with Gasteiger partial charge in [-0.05, 0) is 31.6 Å². The van der Waals surface area contributed by atoms with Crippen molar-refractivity contribution in [1.29, 1.82) is 0 Å². The largest absolute Gasteiger partial charge is 0.362 e. The summed E-state index contributed by atoms with van der Waals surface area (Å²) in [7, 11) is 3.97. The van der Waals surface area contributed by atoms with Gasteiger partial charge in [0, 0.05) is 23.7 Å². The lowest BCUT2D eigenvalue weighted by atomic mass is 10.2. The SMILES string of the molecule is CN(C)[C@H](CNc1ncccc1[N+](=O)[O-])c1cccs1. The van der Waals surface area contributed by atoms with Crippen LogP contribution in [0.1, 0.15) is 10.9 Å². The highest BCUT2D eigenvalue weighted by Gasteiger charge is 2.18. The Morgan fingerprint density at radius 2 is 2.25 bits per heavy atom. The van der Waals surface area contributed by atoms with Crippen molar-refractivity contribution >= 4 is 22.8 Å². The van der Waals surface area contributed by atoms with Gasteiger partial charge in [-0.15, -0.1) is 11.3 Å². The Bertz CT molecular complexity index is 572. The van der Waals surface area contributed by atoms with Crippen LogP contribution in [-0.2, 0) is 0 Å². The lowest BCUT2D eigenvalue weighted by Gasteiger charge is -2.23. The van der Waals surface area contributed by atoms with E-state index in [1.165, 1.54) is 10.9 Å². The number of rotatable bonds is 6. The number of hydrogen-bond donors (Lipinski definition) is 1. The Labute approximate surface area is 121 Å². The Morgan fingerprint density at radius 3 is 2.85 bits per heavy atom. The number of aromatic nitrogens is 1. The average Bonchev–Trinajstić information content (AvgIpc) is 2.92. The van der Waals surface area contributed by atoms with Gasteiger partial charge in [-0.3, -0.25) is 10.1 Å². The van der Waals surface area contributed by atoms with E-state index in [0.717, 1.165) is 0 Å². The van der Waals surface area contributed by atoms with E-state index in [2.05, 4.69) is 21.3 Å². The zero-order chi connectivity index (χ0) is 14.5. The lowest BCUT2D eigenvalue weighted by molar-refractivity contribution is -0.384. The maximum atomic E-state index is 10.9. The first-order valence-electron chi connectivity index (χ1n) is 6.12. The number of nitrogens with one attached hydrogen (secondary N) is 1. The Hall–Kier alpha value is -1.99. The van der Waals surface area contributed by atoms with Crippen molar-refractivity contribution in [3.8, 4) is 0 Å². The predicted octanol–water partition coefficient (Wildman–Crippen LogP) is 2.77. The summed E-state index contributed by atoms with van der Waals surface area (Å²) in [5.41, 5.74) is -0.00353. The molecule has 106 valence electrons. The van der Waals surface area contributed by atoms with E-state index in [9.17, 15) is 10.1 Å². The van der Waals surface area contributed by atoms with Crippen LogP contribution in [0.25, 0.3) is 0 Å². The monoisotopic (exact) mass is 292 g/mol. The molecule has 0 aliphatic rings. The number of hydrogen-bond acceptors (Lipinski definition) is 6. The number of nitrogens with zero attached hydrogens (tertiary/aromatic N) is 3. The van der Waals surface area contributed by atoms with Gasteiger partial charge < -0.3 is 10.2 Å². The Morgan fingerprint density at radius 1 is 1.45 bits per heavy atom. The minimum absolute atomic E-state index is 0.00353. The zero-order valence-electron chi connectivity index (χ0n) is 11.3. The molecule has 0 unspecified atom stereocenters. The van der Waals surface area contributed by atoms with Gasteiger partial charge in [0.15, 0.2) is 0 Å². The number of anilines is 1. The third kappa shape index (κ3) is 3.31. The first kappa shape index (κ1) is 14.4. The standard InChI is InChI=1S/C13H16N4O2S/c1-16(2)11(12-6-4-8-20-12)9-15-13-10(17(18)19)5-3-7-14-13/h3-8,11H,9H2,1-2H3,(H,14,15)/t11-/m1/s1. The number of thiophene rings is 1. The highest BCUT2D eigenvalue weighted by atomic mass is 32.1. The van der Waals surface area contributed by atoms with E-state index < -0.39 is 4.92 Å². The van der Waals surface area contributed by atoms with Gasteiger partial charge in [0.25, 0.3) is 0 Å². The second-order valence-electron chi connectivity index (χ2n) is 4.50. The Balaban J connectivity index is 2.13. The van der Waals surface area contributed by atoms with Crippen molar-refractivity contribution in [2.75, 3.05) is 26.0 Å². The molecule has 0 aliphatic carbocycles. The second kappa shape index (κ2) is 6.44. The normalized spacial score (nSPS) is 12.3. The van der Waals surface area contributed by atoms with E-state index in [-0.39, 0.29) is 11.7 Å². The maximum absolute atomic E-state index is 10.9. The van der Waals surface area contributed by atoms with Gasteiger partial charge in [0.2, 0.25) is 5.82 Å². The van der Waals surface area contributed by atoms with Crippen LogP contribution in [0.3, 0.4) is 0 Å². The maximum Gasteiger partial charge on any atom is 0.311 e. The molecule has 0 saturated heterocycles. The van der Waals surface area contributed by atoms with Crippen molar-refractivity contribution in [1.82, 2.24) is 9.88 Å². The van der Waals surface area contributed by atoms with Crippen molar-refractivity contribution in [3.05, 3.63) is 50.8 Å². The van der Waals surface area contributed by atoms with E-state index in [1.807, 2.05) is 25.5 Å². The van der Waals surface area contributed by atoms with Crippen molar-refractivity contribution in [2.24, 2.45) is 0 Å². The van der Waals surface area contributed by atoms with Crippen LogP contribution in [0.2, 0.25) is 0 Å². The molecule has 0 spiro atoms. The summed E-state index contributed by atoms with van der Waals surface area (Å²) in [6.45, 7) is 0.561. The highest BCUT2D eigenvalue weighted by Crippen LogP contribution is 2.25. The molecule has 1 atom stereocenters. The summed E-state index contributed by atoms with van der Waals surface area (Å²) in [5.74, 6) is 0.306. The average molecular weight is 292 g/mol. The smallest absolute Gasteiger partial charge is 0.311 e. The van der Waals surface area contributed by atoms with Crippen molar-refractivity contribution in [2.45, 2.75) is 6.04 Å². The fourth-order valence-corrected chi connectivity index (χ4v) is 2.81. The van der Waals surface area contributed by atoms with Crippen LogP contribution < -0.4 is 5.32 Å².